The molecule has 0 spiro atoms. The van der Waals surface area contributed by atoms with Crippen LogP contribution in [0.2, 0.25) is 0 Å². The van der Waals surface area contributed by atoms with E-state index in [0.29, 0.717) is 24.7 Å². The quantitative estimate of drug-likeness (QED) is 0.878. The molecular weight excluding hydrogens is 306 g/mol. The number of aliphatic carboxylic acids is 1. The summed E-state index contributed by atoms with van der Waals surface area (Å²) in [5.41, 5.74) is 0.0331. The van der Waals surface area contributed by atoms with Gasteiger partial charge in [-0.1, -0.05) is 35.8 Å². The summed E-state index contributed by atoms with van der Waals surface area (Å²) in [5, 5.41) is 12.9. The summed E-state index contributed by atoms with van der Waals surface area (Å²) < 4.78 is 0.954. The van der Waals surface area contributed by atoms with E-state index in [1.54, 1.807) is 0 Å². The number of benzene rings is 1. The van der Waals surface area contributed by atoms with Gasteiger partial charge in [0, 0.05) is 10.2 Å². The van der Waals surface area contributed by atoms with Gasteiger partial charge in [0.25, 0.3) is 0 Å². The minimum Gasteiger partial charge on any atom is -0.480 e. The van der Waals surface area contributed by atoms with Gasteiger partial charge in [0.1, 0.15) is 5.54 Å². The molecule has 19 heavy (non-hydrogen) atoms. The summed E-state index contributed by atoms with van der Waals surface area (Å²) >= 11 is 3.42. The van der Waals surface area contributed by atoms with E-state index >= 15 is 0 Å². The molecule has 1 aromatic carbocycles. The lowest BCUT2D eigenvalue weighted by Gasteiger charge is -2.40. The number of carboxylic acid groups (broad SMARTS) is 1. The molecule has 0 aliphatic heterocycles. The molecule has 4 heteroatoms. The first-order valence-corrected chi connectivity index (χ1v) is 7.49. The highest BCUT2D eigenvalue weighted by atomic mass is 79.9. The molecule has 1 fully saturated rings. The molecule has 2 N–H and O–H groups in total. The van der Waals surface area contributed by atoms with Crippen molar-refractivity contribution in [2.45, 2.75) is 38.6 Å². The highest BCUT2D eigenvalue weighted by molar-refractivity contribution is 9.10. The molecule has 0 amide bonds. The van der Waals surface area contributed by atoms with Crippen molar-refractivity contribution in [2.75, 3.05) is 5.32 Å². The fourth-order valence-electron chi connectivity index (χ4n) is 2.82. The van der Waals surface area contributed by atoms with Gasteiger partial charge in [0.15, 0.2) is 0 Å². The summed E-state index contributed by atoms with van der Waals surface area (Å²) in [6, 6.07) is 7.69. The van der Waals surface area contributed by atoms with Crippen LogP contribution in [0.25, 0.3) is 0 Å². The van der Waals surface area contributed by atoms with Crippen molar-refractivity contribution in [1.29, 1.82) is 0 Å². The Kier molecular flexibility index (Phi) is 4.19. The van der Waals surface area contributed by atoms with E-state index in [9.17, 15) is 9.90 Å². The number of nitrogens with one attached hydrogen (secondary N) is 1. The fraction of sp³-hybridized carbons (Fsp3) is 0.533. The molecule has 104 valence electrons. The molecule has 0 radical (unpaired) electrons. The summed E-state index contributed by atoms with van der Waals surface area (Å²) in [7, 11) is 0. The van der Waals surface area contributed by atoms with E-state index in [4.69, 9.17) is 0 Å². The van der Waals surface area contributed by atoms with Crippen molar-refractivity contribution in [3.63, 3.8) is 0 Å². The van der Waals surface area contributed by atoms with Gasteiger partial charge in [-0.25, -0.2) is 4.79 Å². The first-order chi connectivity index (χ1) is 8.93. The Labute approximate surface area is 122 Å². The molecule has 3 atom stereocenters. The molecule has 0 heterocycles. The Morgan fingerprint density at radius 3 is 2.74 bits per heavy atom. The Morgan fingerprint density at radius 2 is 2.16 bits per heavy atom. The van der Waals surface area contributed by atoms with Crippen molar-refractivity contribution in [3.05, 3.63) is 28.7 Å². The van der Waals surface area contributed by atoms with Gasteiger partial charge in [0.2, 0.25) is 0 Å². The molecule has 1 aromatic rings. The van der Waals surface area contributed by atoms with Gasteiger partial charge in [-0.05, 0) is 49.3 Å². The monoisotopic (exact) mass is 325 g/mol. The van der Waals surface area contributed by atoms with Crippen LogP contribution in [0.15, 0.2) is 28.7 Å². The summed E-state index contributed by atoms with van der Waals surface area (Å²) in [5.74, 6) is 0.271. The number of carboxylic acids is 1. The molecule has 1 saturated carbocycles. The highest BCUT2D eigenvalue weighted by Crippen LogP contribution is 2.38. The van der Waals surface area contributed by atoms with Crippen LogP contribution in [0, 0.1) is 11.8 Å². The van der Waals surface area contributed by atoms with Crippen molar-refractivity contribution in [2.24, 2.45) is 11.8 Å². The van der Waals surface area contributed by atoms with Crippen molar-refractivity contribution < 1.29 is 9.90 Å². The number of anilines is 1. The second kappa shape index (κ2) is 5.53. The lowest BCUT2D eigenvalue weighted by molar-refractivity contribution is -0.144. The molecule has 0 bridgehead atoms. The van der Waals surface area contributed by atoms with Crippen molar-refractivity contribution in [1.82, 2.24) is 0 Å². The normalized spacial score (nSPS) is 30.9. The van der Waals surface area contributed by atoms with E-state index in [1.807, 2.05) is 24.3 Å². The fourth-order valence-corrected chi connectivity index (χ4v) is 3.21. The average Bonchev–Trinajstić information content (AvgIpc) is 2.34. The van der Waals surface area contributed by atoms with Crippen LogP contribution in [0.4, 0.5) is 5.69 Å². The van der Waals surface area contributed by atoms with E-state index < -0.39 is 11.5 Å². The van der Waals surface area contributed by atoms with E-state index in [0.717, 1.165) is 16.6 Å². The summed E-state index contributed by atoms with van der Waals surface area (Å²) in [6.45, 7) is 4.35. The second-order valence-electron chi connectivity index (χ2n) is 5.72. The molecule has 1 aliphatic carbocycles. The average molecular weight is 326 g/mol. The number of hydrogen-bond donors (Lipinski definition) is 2. The van der Waals surface area contributed by atoms with Gasteiger partial charge in [0.05, 0.1) is 0 Å². The SMILES string of the molecule is CC1CCC(Nc2cccc(Br)c2)(C(=O)O)CC1C. The molecule has 1 aliphatic rings. The summed E-state index contributed by atoms with van der Waals surface area (Å²) in [4.78, 5) is 11.7. The number of hydrogen-bond acceptors (Lipinski definition) is 2. The predicted molar refractivity (Wildman–Crippen MR) is 80.3 cm³/mol. The zero-order valence-corrected chi connectivity index (χ0v) is 12.9. The molecular formula is C15H20BrNO2. The van der Waals surface area contributed by atoms with Gasteiger partial charge in [-0.2, -0.15) is 0 Å². The molecule has 3 nitrogen and oxygen atoms in total. The molecule has 3 unspecified atom stereocenters. The van der Waals surface area contributed by atoms with Crippen molar-refractivity contribution in [3.8, 4) is 0 Å². The largest absolute Gasteiger partial charge is 0.480 e. The smallest absolute Gasteiger partial charge is 0.329 e. The van der Waals surface area contributed by atoms with Gasteiger partial charge in [-0.3, -0.25) is 0 Å². The van der Waals surface area contributed by atoms with Crippen LogP contribution in [0.1, 0.15) is 33.1 Å². The summed E-state index contributed by atoms with van der Waals surface area (Å²) in [6.07, 6.45) is 2.31. The number of halogens is 1. The predicted octanol–water partition coefficient (Wildman–Crippen LogP) is 4.14. The van der Waals surface area contributed by atoms with Crippen LogP contribution in [0.3, 0.4) is 0 Å². The molecule has 0 aromatic heterocycles. The van der Waals surface area contributed by atoms with Gasteiger partial charge >= 0.3 is 5.97 Å². The van der Waals surface area contributed by atoms with Crippen LogP contribution in [0.5, 0.6) is 0 Å². The Morgan fingerprint density at radius 1 is 1.42 bits per heavy atom. The zero-order valence-electron chi connectivity index (χ0n) is 11.3. The van der Waals surface area contributed by atoms with Gasteiger partial charge in [-0.15, -0.1) is 0 Å². The van der Waals surface area contributed by atoms with E-state index in [2.05, 4.69) is 35.1 Å². The van der Waals surface area contributed by atoms with Gasteiger partial charge < -0.3 is 10.4 Å². The Balaban J connectivity index is 2.23. The lowest BCUT2D eigenvalue weighted by Crippen LogP contribution is -2.51. The van der Waals surface area contributed by atoms with Crippen LogP contribution in [-0.2, 0) is 4.79 Å². The first kappa shape index (κ1) is 14.4. The minimum atomic E-state index is -0.827. The maximum atomic E-state index is 11.7. The zero-order chi connectivity index (χ0) is 14.0. The Bertz CT molecular complexity index is 477. The lowest BCUT2D eigenvalue weighted by atomic mass is 9.71. The third-order valence-corrected chi connectivity index (χ3v) is 4.78. The minimum absolute atomic E-state index is 0.421. The highest BCUT2D eigenvalue weighted by Gasteiger charge is 2.43. The standard InChI is InChI=1S/C15H20BrNO2/c1-10-6-7-15(14(18)19,9-11(10)2)17-13-5-3-4-12(16)8-13/h3-5,8,10-11,17H,6-7,9H2,1-2H3,(H,18,19). The third kappa shape index (κ3) is 3.11. The topological polar surface area (TPSA) is 49.3 Å². The first-order valence-electron chi connectivity index (χ1n) is 6.70. The second-order valence-corrected chi connectivity index (χ2v) is 6.64. The maximum absolute atomic E-state index is 11.7. The van der Waals surface area contributed by atoms with Crippen LogP contribution in [-0.4, -0.2) is 16.6 Å². The van der Waals surface area contributed by atoms with Crippen molar-refractivity contribution >= 4 is 27.6 Å². The number of carbonyl (C=O) groups is 1. The Hall–Kier alpha value is -1.03. The van der Waals surface area contributed by atoms with Crippen LogP contribution >= 0.6 is 15.9 Å². The number of rotatable bonds is 3. The van der Waals surface area contributed by atoms with E-state index in [-0.39, 0.29) is 0 Å². The molecule has 0 saturated heterocycles. The molecule has 2 rings (SSSR count). The maximum Gasteiger partial charge on any atom is 0.329 e. The van der Waals surface area contributed by atoms with Crippen LogP contribution < -0.4 is 5.32 Å². The third-order valence-electron chi connectivity index (χ3n) is 4.29. The van der Waals surface area contributed by atoms with E-state index in [1.165, 1.54) is 0 Å².